The molecule has 108 valence electrons. The van der Waals surface area contributed by atoms with Crippen LogP contribution in [0.2, 0.25) is 0 Å². The largest absolute Gasteiger partial charge is 0.508 e. The molecule has 2 aromatic rings. The van der Waals surface area contributed by atoms with Crippen LogP contribution in [0.1, 0.15) is 18.4 Å². The number of amides is 1. The number of hydrogen-bond donors (Lipinski definition) is 3. The first-order valence-corrected chi connectivity index (χ1v) is 7.13. The zero-order chi connectivity index (χ0) is 14.7. The van der Waals surface area contributed by atoms with Gasteiger partial charge in [-0.05, 0) is 54.8 Å². The Morgan fingerprint density at radius 3 is 2.24 bits per heavy atom. The molecule has 0 bridgehead atoms. The number of carbonyl (C=O) groups is 1. The summed E-state index contributed by atoms with van der Waals surface area (Å²) in [6, 6.07) is 14.8. The number of benzene rings is 2. The average Bonchev–Trinajstić information content (AvgIpc) is 3.33. The van der Waals surface area contributed by atoms with E-state index in [4.69, 9.17) is 0 Å². The Labute approximate surface area is 123 Å². The van der Waals surface area contributed by atoms with Gasteiger partial charge in [-0.2, -0.15) is 0 Å². The van der Waals surface area contributed by atoms with E-state index in [0.29, 0.717) is 6.54 Å². The standard InChI is InChI=1S/C17H18N2O2/c20-16-9-1-12(2-10-16)11-18-14-5-7-15(8-6-14)19-17(21)13-3-4-13/h1-2,5-10,13,18,20H,3-4,11H2,(H,19,21). The van der Waals surface area contributed by atoms with Gasteiger partial charge < -0.3 is 15.7 Å². The quantitative estimate of drug-likeness (QED) is 0.788. The lowest BCUT2D eigenvalue weighted by molar-refractivity contribution is -0.117. The van der Waals surface area contributed by atoms with Crippen molar-refractivity contribution in [2.75, 3.05) is 10.6 Å². The summed E-state index contributed by atoms with van der Waals surface area (Å²) in [5.41, 5.74) is 2.92. The highest BCUT2D eigenvalue weighted by Crippen LogP contribution is 2.30. The van der Waals surface area contributed by atoms with Crippen LogP contribution in [-0.2, 0) is 11.3 Å². The van der Waals surface area contributed by atoms with E-state index >= 15 is 0 Å². The minimum Gasteiger partial charge on any atom is -0.508 e. The number of aromatic hydroxyl groups is 1. The van der Waals surface area contributed by atoms with Crippen LogP contribution in [0.25, 0.3) is 0 Å². The van der Waals surface area contributed by atoms with Crippen molar-refractivity contribution in [3.63, 3.8) is 0 Å². The normalized spacial score (nSPS) is 13.7. The fourth-order valence-corrected chi connectivity index (χ4v) is 2.08. The number of anilines is 2. The molecular weight excluding hydrogens is 264 g/mol. The SMILES string of the molecule is O=C(Nc1ccc(NCc2ccc(O)cc2)cc1)C1CC1. The molecule has 1 aliphatic carbocycles. The number of nitrogens with one attached hydrogen (secondary N) is 2. The molecule has 0 spiro atoms. The molecule has 1 amide bonds. The van der Waals surface area contributed by atoms with Gasteiger partial charge in [0.05, 0.1) is 0 Å². The third-order valence-corrected chi connectivity index (χ3v) is 3.53. The van der Waals surface area contributed by atoms with Gasteiger partial charge in [0, 0.05) is 23.8 Å². The second kappa shape index (κ2) is 5.87. The second-order valence-electron chi connectivity index (χ2n) is 5.36. The molecule has 1 fully saturated rings. The number of rotatable bonds is 5. The van der Waals surface area contributed by atoms with Gasteiger partial charge in [0.2, 0.25) is 5.91 Å². The molecule has 0 unspecified atom stereocenters. The monoisotopic (exact) mass is 282 g/mol. The van der Waals surface area contributed by atoms with E-state index in [1.165, 1.54) is 0 Å². The van der Waals surface area contributed by atoms with E-state index < -0.39 is 0 Å². The fourth-order valence-electron chi connectivity index (χ4n) is 2.08. The van der Waals surface area contributed by atoms with Gasteiger partial charge in [0.1, 0.15) is 5.75 Å². The highest BCUT2D eigenvalue weighted by molar-refractivity contribution is 5.94. The zero-order valence-electron chi connectivity index (χ0n) is 11.7. The van der Waals surface area contributed by atoms with Crippen LogP contribution in [0.15, 0.2) is 48.5 Å². The van der Waals surface area contributed by atoms with E-state index in [1.54, 1.807) is 12.1 Å². The Hall–Kier alpha value is -2.49. The lowest BCUT2D eigenvalue weighted by Gasteiger charge is -2.08. The Balaban J connectivity index is 1.54. The maximum absolute atomic E-state index is 11.7. The molecule has 4 nitrogen and oxygen atoms in total. The molecule has 0 atom stereocenters. The maximum Gasteiger partial charge on any atom is 0.227 e. The van der Waals surface area contributed by atoms with Crippen molar-refractivity contribution >= 4 is 17.3 Å². The number of hydrogen-bond acceptors (Lipinski definition) is 3. The van der Waals surface area contributed by atoms with Crippen LogP contribution in [0, 0.1) is 5.92 Å². The first kappa shape index (κ1) is 13.5. The molecule has 1 aliphatic rings. The summed E-state index contributed by atoms with van der Waals surface area (Å²) >= 11 is 0. The summed E-state index contributed by atoms with van der Waals surface area (Å²) < 4.78 is 0. The number of phenols is 1. The van der Waals surface area contributed by atoms with Crippen LogP contribution in [0.4, 0.5) is 11.4 Å². The smallest absolute Gasteiger partial charge is 0.227 e. The van der Waals surface area contributed by atoms with E-state index in [9.17, 15) is 9.90 Å². The van der Waals surface area contributed by atoms with E-state index in [2.05, 4.69) is 10.6 Å². The summed E-state index contributed by atoms with van der Waals surface area (Å²) in [5.74, 6) is 0.617. The minimum atomic E-state index is 0.125. The average molecular weight is 282 g/mol. The third kappa shape index (κ3) is 3.75. The summed E-state index contributed by atoms with van der Waals surface area (Å²) in [4.78, 5) is 11.7. The fraction of sp³-hybridized carbons (Fsp3) is 0.235. The van der Waals surface area contributed by atoms with Crippen molar-refractivity contribution in [2.45, 2.75) is 19.4 Å². The van der Waals surface area contributed by atoms with Crippen LogP contribution in [0.3, 0.4) is 0 Å². The lowest BCUT2D eigenvalue weighted by Crippen LogP contribution is -2.13. The van der Waals surface area contributed by atoms with Crippen molar-refractivity contribution < 1.29 is 9.90 Å². The summed E-state index contributed by atoms with van der Waals surface area (Å²) in [7, 11) is 0. The molecule has 0 saturated heterocycles. The molecule has 21 heavy (non-hydrogen) atoms. The summed E-state index contributed by atoms with van der Waals surface area (Å²) in [6.07, 6.45) is 2.02. The Kier molecular flexibility index (Phi) is 3.77. The van der Waals surface area contributed by atoms with E-state index in [1.807, 2.05) is 36.4 Å². The maximum atomic E-state index is 11.7. The molecular formula is C17H18N2O2. The van der Waals surface area contributed by atoms with E-state index in [-0.39, 0.29) is 17.6 Å². The zero-order valence-corrected chi connectivity index (χ0v) is 11.7. The van der Waals surface area contributed by atoms with Gasteiger partial charge in [-0.15, -0.1) is 0 Å². The number of carbonyl (C=O) groups excluding carboxylic acids is 1. The predicted octanol–water partition coefficient (Wildman–Crippen LogP) is 3.35. The minimum absolute atomic E-state index is 0.125. The van der Waals surface area contributed by atoms with E-state index in [0.717, 1.165) is 29.8 Å². The van der Waals surface area contributed by atoms with Crippen molar-refractivity contribution in [3.05, 3.63) is 54.1 Å². The Morgan fingerprint density at radius 2 is 1.62 bits per heavy atom. The Morgan fingerprint density at radius 1 is 1.00 bits per heavy atom. The van der Waals surface area contributed by atoms with Crippen molar-refractivity contribution in [1.82, 2.24) is 0 Å². The van der Waals surface area contributed by atoms with Gasteiger partial charge >= 0.3 is 0 Å². The van der Waals surface area contributed by atoms with Crippen LogP contribution in [-0.4, -0.2) is 11.0 Å². The molecule has 0 heterocycles. The van der Waals surface area contributed by atoms with Gasteiger partial charge in [-0.25, -0.2) is 0 Å². The van der Waals surface area contributed by atoms with Crippen LogP contribution < -0.4 is 10.6 Å². The highest BCUT2D eigenvalue weighted by atomic mass is 16.3. The van der Waals surface area contributed by atoms with Gasteiger partial charge in [-0.1, -0.05) is 12.1 Å². The summed E-state index contributed by atoms with van der Waals surface area (Å²) in [5, 5.41) is 15.5. The van der Waals surface area contributed by atoms with Crippen LogP contribution in [0.5, 0.6) is 5.75 Å². The molecule has 3 rings (SSSR count). The van der Waals surface area contributed by atoms with Crippen molar-refractivity contribution in [1.29, 1.82) is 0 Å². The van der Waals surface area contributed by atoms with Crippen molar-refractivity contribution in [2.24, 2.45) is 5.92 Å². The second-order valence-corrected chi connectivity index (χ2v) is 5.36. The molecule has 0 aliphatic heterocycles. The topological polar surface area (TPSA) is 61.4 Å². The third-order valence-electron chi connectivity index (χ3n) is 3.53. The van der Waals surface area contributed by atoms with Crippen molar-refractivity contribution in [3.8, 4) is 5.75 Å². The molecule has 0 aromatic heterocycles. The molecule has 1 saturated carbocycles. The highest BCUT2D eigenvalue weighted by Gasteiger charge is 2.29. The van der Waals surface area contributed by atoms with Crippen LogP contribution >= 0.6 is 0 Å². The van der Waals surface area contributed by atoms with Gasteiger partial charge in [0.15, 0.2) is 0 Å². The predicted molar refractivity (Wildman–Crippen MR) is 83.2 cm³/mol. The first-order valence-electron chi connectivity index (χ1n) is 7.13. The van der Waals surface area contributed by atoms with Gasteiger partial charge in [-0.3, -0.25) is 4.79 Å². The Bertz CT molecular complexity index is 616. The molecule has 2 aromatic carbocycles. The molecule has 4 heteroatoms. The number of phenolic OH excluding ortho intramolecular Hbond substituents is 1. The van der Waals surface area contributed by atoms with Gasteiger partial charge in [0.25, 0.3) is 0 Å². The first-order chi connectivity index (χ1) is 10.2. The molecule has 3 N–H and O–H groups in total. The lowest BCUT2D eigenvalue weighted by atomic mass is 10.2. The molecule has 0 radical (unpaired) electrons. The summed E-state index contributed by atoms with van der Waals surface area (Å²) in [6.45, 7) is 0.689.